The second-order valence-electron chi connectivity index (χ2n) is 4.17. The van der Waals surface area contributed by atoms with E-state index in [0.717, 1.165) is 19.8 Å². The van der Waals surface area contributed by atoms with Crippen molar-refractivity contribution in [1.82, 2.24) is 0 Å². The maximum atomic E-state index is 13.0. The van der Waals surface area contributed by atoms with Crippen LogP contribution in [-0.4, -0.2) is 11.5 Å². The minimum atomic E-state index is -2.68. The normalized spacial score (nSPS) is 23.5. The fraction of sp³-hybridized carbons (Fsp3) is 1.00. The summed E-state index contributed by atoms with van der Waals surface area (Å²) >= 11 is 0. The number of halogens is 2. The number of hydrogen-bond donors (Lipinski definition) is 1. The highest BCUT2D eigenvalue weighted by Crippen LogP contribution is 2.54. The SMILES string of the molecule is CC(F)(F)C(C)(C)C1(N)CC1. The predicted molar refractivity (Wildman–Crippen MR) is 40.6 cm³/mol. The Morgan fingerprint density at radius 2 is 1.55 bits per heavy atom. The number of rotatable bonds is 2. The van der Waals surface area contributed by atoms with Gasteiger partial charge in [-0.05, 0) is 19.8 Å². The van der Waals surface area contributed by atoms with Gasteiger partial charge in [-0.15, -0.1) is 0 Å². The van der Waals surface area contributed by atoms with E-state index in [9.17, 15) is 8.78 Å². The maximum Gasteiger partial charge on any atom is 0.252 e. The zero-order valence-electron chi connectivity index (χ0n) is 7.25. The van der Waals surface area contributed by atoms with Crippen molar-refractivity contribution in [1.29, 1.82) is 0 Å². The number of hydrogen-bond acceptors (Lipinski definition) is 1. The van der Waals surface area contributed by atoms with Gasteiger partial charge in [0.15, 0.2) is 0 Å². The molecular formula is C8H15F2N. The topological polar surface area (TPSA) is 26.0 Å². The van der Waals surface area contributed by atoms with Gasteiger partial charge in [-0.25, -0.2) is 8.78 Å². The largest absolute Gasteiger partial charge is 0.324 e. The quantitative estimate of drug-likeness (QED) is 0.663. The van der Waals surface area contributed by atoms with Gasteiger partial charge in [0, 0.05) is 11.0 Å². The van der Waals surface area contributed by atoms with Crippen LogP contribution < -0.4 is 5.73 Å². The van der Waals surface area contributed by atoms with E-state index in [1.165, 1.54) is 0 Å². The van der Waals surface area contributed by atoms with E-state index in [2.05, 4.69) is 0 Å². The van der Waals surface area contributed by atoms with E-state index in [4.69, 9.17) is 5.73 Å². The van der Waals surface area contributed by atoms with Gasteiger partial charge in [-0.2, -0.15) is 0 Å². The molecule has 2 N–H and O–H groups in total. The third-order valence-corrected chi connectivity index (χ3v) is 3.13. The Morgan fingerprint density at radius 1 is 1.18 bits per heavy atom. The lowest BCUT2D eigenvalue weighted by Gasteiger charge is -2.37. The molecule has 66 valence electrons. The molecule has 0 aliphatic heterocycles. The van der Waals surface area contributed by atoms with Crippen LogP contribution in [0, 0.1) is 5.41 Å². The monoisotopic (exact) mass is 163 g/mol. The molecule has 0 radical (unpaired) electrons. The van der Waals surface area contributed by atoms with Gasteiger partial charge in [0.05, 0.1) is 0 Å². The summed E-state index contributed by atoms with van der Waals surface area (Å²) in [6, 6.07) is 0. The second-order valence-corrected chi connectivity index (χ2v) is 4.17. The highest BCUT2D eigenvalue weighted by atomic mass is 19.3. The Labute approximate surface area is 66.0 Å². The molecule has 1 saturated carbocycles. The third kappa shape index (κ3) is 1.15. The molecule has 0 amide bonds. The molecule has 1 nitrogen and oxygen atoms in total. The van der Waals surface area contributed by atoms with Crippen LogP contribution in [0.4, 0.5) is 8.78 Å². The summed E-state index contributed by atoms with van der Waals surface area (Å²) < 4.78 is 25.9. The van der Waals surface area contributed by atoms with Crippen molar-refractivity contribution in [2.75, 3.05) is 0 Å². The molecule has 3 heteroatoms. The second kappa shape index (κ2) is 1.94. The lowest BCUT2D eigenvalue weighted by molar-refractivity contribution is -0.105. The fourth-order valence-electron chi connectivity index (χ4n) is 1.20. The number of alkyl halides is 2. The van der Waals surface area contributed by atoms with Crippen LogP contribution >= 0.6 is 0 Å². The zero-order valence-corrected chi connectivity index (χ0v) is 7.25. The highest BCUT2D eigenvalue weighted by Gasteiger charge is 2.60. The van der Waals surface area contributed by atoms with Gasteiger partial charge < -0.3 is 5.73 Å². The van der Waals surface area contributed by atoms with Gasteiger partial charge >= 0.3 is 0 Å². The van der Waals surface area contributed by atoms with Crippen LogP contribution in [0.5, 0.6) is 0 Å². The van der Waals surface area contributed by atoms with Crippen LogP contribution in [0.3, 0.4) is 0 Å². The van der Waals surface area contributed by atoms with E-state index in [1.807, 2.05) is 0 Å². The van der Waals surface area contributed by atoms with Crippen molar-refractivity contribution < 1.29 is 8.78 Å². The third-order valence-electron chi connectivity index (χ3n) is 3.13. The van der Waals surface area contributed by atoms with Gasteiger partial charge in [0.25, 0.3) is 5.92 Å². The van der Waals surface area contributed by atoms with Crippen molar-refractivity contribution in [2.45, 2.75) is 45.1 Å². The first-order valence-corrected chi connectivity index (χ1v) is 3.87. The summed E-state index contributed by atoms with van der Waals surface area (Å²) in [7, 11) is 0. The van der Waals surface area contributed by atoms with Crippen molar-refractivity contribution in [3.05, 3.63) is 0 Å². The standard InChI is InChI=1S/C8H15F2N/c1-6(2,7(3,9)10)8(11)4-5-8/h4-5,11H2,1-3H3. The Hall–Kier alpha value is -0.180. The Morgan fingerprint density at radius 3 is 1.64 bits per heavy atom. The predicted octanol–water partition coefficient (Wildman–Crippen LogP) is 2.16. The molecule has 1 aliphatic carbocycles. The van der Waals surface area contributed by atoms with E-state index in [0.29, 0.717) is 0 Å². The molecular weight excluding hydrogens is 148 g/mol. The van der Waals surface area contributed by atoms with Crippen molar-refractivity contribution in [3.63, 3.8) is 0 Å². The first-order chi connectivity index (χ1) is 4.71. The smallest absolute Gasteiger partial charge is 0.252 e. The van der Waals surface area contributed by atoms with E-state index in [1.54, 1.807) is 13.8 Å². The molecule has 0 aromatic heterocycles. The molecule has 0 saturated heterocycles. The minimum Gasteiger partial charge on any atom is -0.324 e. The molecule has 0 bridgehead atoms. The van der Waals surface area contributed by atoms with Gasteiger partial charge in [-0.1, -0.05) is 13.8 Å². The molecule has 0 spiro atoms. The molecule has 11 heavy (non-hydrogen) atoms. The van der Waals surface area contributed by atoms with Crippen molar-refractivity contribution in [2.24, 2.45) is 11.1 Å². The van der Waals surface area contributed by atoms with Crippen molar-refractivity contribution >= 4 is 0 Å². The first kappa shape index (κ1) is 8.91. The lowest BCUT2D eigenvalue weighted by atomic mass is 9.77. The van der Waals surface area contributed by atoms with E-state index in [-0.39, 0.29) is 0 Å². The minimum absolute atomic E-state index is 0.620. The van der Waals surface area contributed by atoms with Crippen LogP contribution in [0.1, 0.15) is 33.6 Å². The molecule has 0 atom stereocenters. The van der Waals surface area contributed by atoms with Crippen LogP contribution in [0.25, 0.3) is 0 Å². The molecule has 0 aromatic carbocycles. The Bertz CT molecular complexity index is 158. The highest BCUT2D eigenvalue weighted by molar-refractivity contribution is 5.12. The molecule has 0 heterocycles. The molecule has 0 aromatic rings. The van der Waals surface area contributed by atoms with Crippen molar-refractivity contribution in [3.8, 4) is 0 Å². The maximum absolute atomic E-state index is 13.0. The number of nitrogens with two attached hydrogens (primary N) is 1. The van der Waals surface area contributed by atoms with E-state index >= 15 is 0 Å². The molecule has 0 unspecified atom stereocenters. The Balaban J connectivity index is 2.82. The first-order valence-electron chi connectivity index (χ1n) is 3.87. The average Bonchev–Trinajstić information content (AvgIpc) is 2.45. The van der Waals surface area contributed by atoms with E-state index < -0.39 is 16.9 Å². The van der Waals surface area contributed by atoms with Crippen LogP contribution in [-0.2, 0) is 0 Å². The summed E-state index contributed by atoms with van der Waals surface area (Å²) in [6.45, 7) is 4.03. The average molecular weight is 163 g/mol. The summed E-state index contributed by atoms with van der Waals surface area (Å²) in [5.74, 6) is -2.68. The summed E-state index contributed by atoms with van der Waals surface area (Å²) in [4.78, 5) is 0. The van der Waals surface area contributed by atoms with Gasteiger partial charge in [0.2, 0.25) is 0 Å². The van der Waals surface area contributed by atoms with Crippen LogP contribution in [0.15, 0.2) is 0 Å². The van der Waals surface area contributed by atoms with Gasteiger partial charge in [0.1, 0.15) is 0 Å². The fourth-order valence-corrected chi connectivity index (χ4v) is 1.20. The summed E-state index contributed by atoms with van der Waals surface area (Å²) in [5, 5.41) is 0. The van der Waals surface area contributed by atoms with Gasteiger partial charge in [-0.3, -0.25) is 0 Å². The molecule has 1 rings (SSSR count). The summed E-state index contributed by atoms with van der Waals surface area (Å²) in [5.41, 5.74) is 4.04. The lowest BCUT2D eigenvalue weighted by Crippen LogP contribution is -2.50. The zero-order chi connectivity index (χ0) is 8.91. The molecule has 1 fully saturated rings. The van der Waals surface area contributed by atoms with Crippen LogP contribution in [0.2, 0.25) is 0 Å². The molecule has 1 aliphatic rings. The summed E-state index contributed by atoms with van der Waals surface area (Å²) in [6.07, 6.45) is 1.45. The Kier molecular flexibility index (Phi) is 1.58.